The van der Waals surface area contributed by atoms with Gasteiger partial charge in [-0.25, -0.2) is 29.0 Å². The summed E-state index contributed by atoms with van der Waals surface area (Å²) < 4.78 is 55.1. The molecule has 178 valence electrons. The molecule has 0 unspecified atom stereocenters. The third-order valence-electron chi connectivity index (χ3n) is 5.95. The van der Waals surface area contributed by atoms with Crippen molar-refractivity contribution < 1.29 is 22.4 Å². The molecule has 0 bridgehead atoms. The average Bonchev–Trinajstić information content (AvgIpc) is 3.51. The summed E-state index contributed by atoms with van der Waals surface area (Å²) >= 11 is 0. The molecule has 3 aromatic heterocycles. The van der Waals surface area contributed by atoms with E-state index < -0.39 is 29.9 Å². The van der Waals surface area contributed by atoms with Crippen molar-refractivity contribution in [1.82, 2.24) is 34.6 Å². The number of alkyl halides is 4. The molecular formula is C21H20F4N8O. The Morgan fingerprint density at radius 1 is 1.03 bits per heavy atom. The minimum Gasteiger partial charge on any atom is -0.354 e. The Labute approximate surface area is 191 Å². The molecule has 0 spiro atoms. The van der Waals surface area contributed by atoms with Crippen molar-refractivity contribution in [3.05, 3.63) is 54.6 Å². The van der Waals surface area contributed by atoms with Crippen LogP contribution in [0.1, 0.15) is 35.3 Å². The molecule has 5 rings (SSSR count). The van der Waals surface area contributed by atoms with Gasteiger partial charge in [-0.05, 0) is 31.4 Å². The molecule has 9 nitrogen and oxygen atoms in total. The van der Waals surface area contributed by atoms with Crippen LogP contribution in [0.15, 0.2) is 43.4 Å². The molecule has 0 radical (unpaired) electrons. The zero-order valence-electron chi connectivity index (χ0n) is 17.8. The Bertz CT molecular complexity index is 1130. The molecule has 1 aliphatic carbocycles. The lowest BCUT2D eigenvalue weighted by Crippen LogP contribution is -2.55. The van der Waals surface area contributed by atoms with Crippen molar-refractivity contribution in [2.45, 2.75) is 43.7 Å². The van der Waals surface area contributed by atoms with Gasteiger partial charge in [0, 0.05) is 18.8 Å². The Kier molecular flexibility index (Phi) is 5.62. The molecule has 0 N–H and O–H groups in total. The Morgan fingerprint density at radius 2 is 1.82 bits per heavy atom. The molecule has 34 heavy (non-hydrogen) atoms. The number of hydrogen-bond acceptors (Lipinski definition) is 7. The van der Waals surface area contributed by atoms with Crippen LogP contribution in [-0.4, -0.2) is 71.9 Å². The highest BCUT2D eigenvalue weighted by atomic mass is 19.4. The number of rotatable bonds is 5. The predicted molar refractivity (Wildman–Crippen MR) is 111 cm³/mol. The van der Waals surface area contributed by atoms with E-state index in [0.717, 1.165) is 25.1 Å². The summed E-state index contributed by atoms with van der Waals surface area (Å²) in [5.74, 6) is 0.273. The van der Waals surface area contributed by atoms with E-state index >= 15 is 4.39 Å². The fourth-order valence-electron chi connectivity index (χ4n) is 4.10. The van der Waals surface area contributed by atoms with Crippen LogP contribution in [0.3, 0.4) is 0 Å². The van der Waals surface area contributed by atoms with E-state index in [-0.39, 0.29) is 24.1 Å². The maximum absolute atomic E-state index is 15.3. The Balaban J connectivity index is 1.29. The van der Waals surface area contributed by atoms with Crippen LogP contribution < -0.4 is 4.90 Å². The quantitative estimate of drug-likeness (QED) is 0.523. The SMILES string of the molecule is O=C(c1cnc(-n2cncn2)cn1)N(C1CC1)[C@H]1CCN(c2ccc(C(F)(F)F)cn2)C[C@H]1F. The monoisotopic (exact) mass is 476 g/mol. The summed E-state index contributed by atoms with van der Waals surface area (Å²) in [5.41, 5.74) is -0.751. The molecule has 4 heterocycles. The molecule has 1 aliphatic heterocycles. The van der Waals surface area contributed by atoms with Crippen molar-refractivity contribution in [2.24, 2.45) is 0 Å². The Hall–Kier alpha value is -3.64. The summed E-state index contributed by atoms with van der Waals surface area (Å²) in [6.07, 6.45) is 2.29. The van der Waals surface area contributed by atoms with Gasteiger partial charge in [0.25, 0.3) is 5.91 Å². The van der Waals surface area contributed by atoms with Crippen molar-refractivity contribution in [2.75, 3.05) is 18.0 Å². The van der Waals surface area contributed by atoms with Crippen LogP contribution in [0.5, 0.6) is 0 Å². The maximum Gasteiger partial charge on any atom is 0.417 e. The fourth-order valence-corrected chi connectivity index (χ4v) is 4.10. The number of halogens is 4. The molecule has 13 heteroatoms. The summed E-state index contributed by atoms with van der Waals surface area (Å²) in [7, 11) is 0. The highest BCUT2D eigenvalue weighted by Gasteiger charge is 2.44. The third-order valence-corrected chi connectivity index (χ3v) is 5.95. The number of piperidine rings is 1. The van der Waals surface area contributed by atoms with Crippen LogP contribution in [0, 0.1) is 0 Å². The fraction of sp³-hybridized carbons (Fsp3) is 0.429. The second-order valence-corrected chi connectivity index (χ2v) is 8.26. The van der Waals surface area contributed by atoms with E-state index in [1.807, 2.05) is 0 Å². The number of carbonyl (C=O) groups is 1. The summed E-state index contributed by atoms with van der Waals surface area (Å²) in [4.78, 5) is 32.5. The van der Waals surface area contributed by atoms with Gasteiger partial charge in [-0.1, -0.05) is 0 Å². The first-order valence-electron chi connectivity index (χ1n) is 10.7. The maximum atomic E-state index is 15.3. The van der Waals surface area contributed by atoms with Gasteiger partial charge in [-0.15, -0.1) is 0 Å². The molecule has 1 amide bonds. The minimum absolute atomic E-state index is 0.0664. The second-order valence-electron chi connectivity index (χ2n) is 8.26. The summed E-state index contributed by atoms with van der Waals surface area (Å²) in [6.45, 7) is 0.285. The number of aromatic nitrogens is 6. The number of anilines is 1. The second kappa shape index (κ2) is 8.61. The molecule has 1 saturated heterocycles. The summed E-state index contributed by atoms with van der Waals surface area (Å²) in [5, 5.41) is 3.96. The van der Waals surface area contributed by atoms with Crippen LogP contribution in [0.4, 0.5) is 23.4 Å². The highest BCUT2D eigenvalue weighted by molar-refractivity contribution is 5.92. The van der Waals surface area contributed by atoms with Crippen LogP contribution in [0.2, 0.25) is 0 Å². The van der Waals surface area contributed by atoms with Gasteiger partial charge in [-0.3, -0.25) is 4.79 Å². The van der Waals surface area contributed by atoms with Gasteiger partial charge in [-0.2, -0.15) is 18.3 Å². The van der Waals surface area contributed by atoms with Crippen molar-refractivity contribution >= 4 is 11.7 Å². The van der Waals surface area contributed by atoms with E-state index in [2.05, 4.69) is 25.0 Å². The molecule has 1 saturated carbocycles. The molecule has 2 fully saturated rings. The number of carbonyl (C=O) groups excluding carboxylic acids is 1. The van der Waals surface area contributed by atoms with Crippen molar-refractivity contribution in [1.29, 1.82) is 0 Å². The standard InChI is InChI=1S/C21H20F4N8O/c22-15-10-31(18-4-1-13(7-28-18)21(23,24)25)6-5-17(15)33(14-2-3-14)20(34)16-8-29-19(9-27-16)32-12-26-11-30-32/h1,4,7-9,11-12,14-15,17H,2-3,5-6,10H2/t15-,17+/m1/s1. The first-order valence-corrected chi connectivity index (χ1v) is 10.7. The molecule has 2 atom stereocenters. The smallest absolute Gasteiger partial charge is 0.354 e. The Morgan fingerprint density at radius 3 is 2.38 bits per heavy atom. The van der Waals surface area contributed by atoms with E-state index in [0.29, 0.717) is 18.8 Å². The number of hydrogen-bond donors (Lipinski definition) is 0. The molecule has 3 aromatic rings. The van der Waals surface area contributed by atoms with Gasteiger partial charge in [0.05, 0.1) is 30.5 Å². The van der Waals surface area contributed by atoms with Crippen molar-refractivity contribution in [3.8, 4) is 5.82 Å². The first kappa shape index (κ1) is 22.2. The zero-order chi connectivity index (χ0) is 23.9. The average molecular weight is 476 g/mol. The van der Waals surface area contributed by atoms with Crippen LogP contribution in [-0.2, 0) is 6.18 Å². The molecule has 2 aliphatic rings. The van der Waals surface area contributed by atoms with Gasteiger partial charge in [0.2, 0.25) is 0 Å². The topological polar surface area (TPSA) is 92.9 Å². The minimum atomic E-state index is -4.48. The lowest BCUT2D eigenvalue weighted by Gasteiger charge is -2.41. The van der Waals surface area contributed by atoms with Crippen molar-refractivity contribution in [3.63, 3.8) is 0 Å². The first-order chi connectivity index (χ1) is 16.3. The van der Waals surface area contributed by atoms with Crippen LogP contribution >= 0.6 is 0 Å². The zero-order valence-corrected chi connectivity index (χ0v) is 17.8. The predicted octanol–water partition coefficient (Wildman–Crippen LogP) is 2.69. The van der Waals surface area contributed by atoms with Gasteiger partial charge < -0.3 is 9.80 Å². The van der Waals surface area contributed by atoms with E-state index in [1.165, 1.54) is 35.8 Å². The van der Waals surface area contributed by atoms with Gasteiger partial charge >= 0.3 is 6.18 Å². The largest absolute Gasteiger partial charge is 0.417 e. The lowest BCUT2D eigenvalue weighted by molar-refractivity contribution is -0.137. The van der Waals surface area contributed by atoms with Gasteiger partial charge in [0.1, 0.15) is 30.3 Å². The van der Waals surface area contributed by atoms with E-state index in [1.54, 1.807) is 9.80 Å². The highest BCUT2D eigenvalue weighted by Crippen LogP contribution is 2.35. The third kappa shape index (κ3) is 4.41. The lowest BCUT2D eigenvalue weighted by atomic mass is 10.00. The van der Waals surface area contributed by atoms with Gasteiger partial charge in [0.15, 0.2) is 5.82 Å². The molecule has 0 aromatic carbocycles. The number of nitrogens with zero attached hydrogens (tertiary/aromatic N) is 8. The normalized spacial score (nSPS) is 20.9. The van der Waals surface area contributed by atoms with E-state index in [4.69, 9.17) is 0 Å². The number of amides is 1. The summed E-state index contributed by atoms with van der Waals surface area (Å²) in [6, 6.07) is 1.45. The van der Waals surface area contributed by atoms with Crippen LogP contribution in [0.25, 0.3) is 5.82 Å². The van der Waals surface area contributed by atoms with E-state index in [9.17, 15) is 18.0 Å². The number of pyridine rings is 1. The molecular weight excluding hydrogens is 456 g/mol.